The van der Waals surface area contributed by atoms with Crippen molar-refractivity contribution >= 4 is 0 Å². The number of hydrogen-bond donors (Lipinski definition) is 1. The molecule has 0 aliphatic heterocycles. The van der Waals surface area contributed by atoms with E-state index in [2.05, 4.69) is 0 Å². The highest BCUT2D eigenvalue weighted by atomic mass is 19.1. The quantitative estimate of drug-likeness (QED) is 0.927. The van der Waals surface area contributed by atoms with Crippen LogP contribution in [0.4, 0.5) is 13.2 Å². The van der Waals surface area contributed by atoms with Crippen LogP contribution in [0, 0.1) is 17.5 Å². The largest absolute Gasteiger partial charge is 0.488 e. The highest BCUT2D eigenvalue weighted by Gasteiger charge is 2.13. The van der Waals surface area contributed by atoms with Crippen LogP contribution in [0.15, 0.2) is 36.4 Å². The van der Waals surface area contributed by atoms with Crippen LogP contribution in [0.2, 0.25) is 0 Å². The van der Waals surface area contributed by atoms with Crippen molar-refractivity contribution in [1.82, 2.24) is 0 Å². The lowest BCUT2D eigenvalue weighted by atomic mass is 10.1. The van der Waals surface area contributed by atoms with E-state index in [1.807, 2.05) is 0 Å². The maximum atomic E-state index is 13.5. The van der Waals surface area contributed by atoms with Crippen LogP contribution in [-0.4, -0.2) is 0 Å². The van der Waals surface area contributed by atoms with E-state index in [0.717, 1.165) is 18.2 Å². The van der Waals surface area contributed by atoms with Crippen LogP contribution in [0.5, 0.6) is 5.75 Å². The smallest absolute Gasteiger partial charge is 0.132 e. The number of benzene rings is 2. The van der Waals surface area contributed by atoms with Gasteiger partial charge in [0.25, 0.3) is 0 Å². The molecule has 106 valence electrons. The van der Waals surface area contributed by atoms with Gasteiger partial charge in [0.15, 0.2) is 0 Å². The van der Waals surface area contributed by atoms with Crippen molar-refractivity contribution in [3.63, 3.8) is 0 Å². The van der Waals surface area contributed by atoms with Crippen molar-refractivity contribution < 1.29 is 17.9 Å². The minimum absolute atomic E-state index is 0.183. The van der Waals surface area contributed by atoms with Gasteiger partial charge in [-0.1, -0.05) is 12.1 Å². The van der Waals surface area contributed by atoms with Gasteiger partial charge >= 0.3 is 0 Å². The van der Waals surface area contributed by atoms with Gasteiger partial charge in [-0.2, -0.15) is 0 Å². The summed E-state index contributed by atoms with van der Waals surface area (Å²) in [6, 6.07) is 7.07. The number of ether oxygens (including phenoxy) is 1. The fraction of sp³-hybridized carbons (Fsp3) is 0.200. The Balaban J connectivity index is 2.25. The topological polar surface area (TPSA) is 35.2 Å². The minimum Gasteiger partial charge on any atom is -0.488 e. The van der Waals surface area contributed by atoms with Crippen molar-refractivity contribution in [2.45, 2.75) is 19.6 Å². The molecule has 0 bridgehead atoms. The van der Waals surface area contributed by atoms with Gasteiger partial charge in [0, 0.05) is 17.7 Å². The van der Waals surface area contributed by atoms with Crippen molar-refractivity contribution in [3.8, 4) is 5.75 Å². The van der Waals surface area contributed by atoms with E-state index in [4.69, 9.17) is 10.5 Å². The molecule has 1 atom stereocenters. The molecule has 0 unspecified atom stereocenters. The van der Waals surface area contributed by atoms with Gasteiger partial charge in [-0.25, -0.2) is 13.2 Å². The molecule has 0 saturated carbocycles. The Morgan fingerprint density at radius 3 is 2.35 bits per heavy atom. The molecule has 0 aromatic heterocycles. The molecular formula is C15H14F3NO. The summed E-state index contributed by atoms with van der Waals surface area (Å²) in [4.78, 5) is 0. The minimum atomic E-state index is -0.705. The van der Waals surface area contributed by atoms with E-state index in [-0.39, 0.29) is 24.0 Å². The fourth-order valence-electron chi connectivity index (χ4n) is 1.83. The first-order valence-corrected chi connectivity index (χ1v) is 6.09. The van der Waals surface area contributed by atoms with Crippen LogP contribution in [0.1, 0.15) is 24.1 Å². The summed E-state index contributed by atoms with van der Waals surface area (Å²) in [7, 11) is 0. The number of hydrogen-bond acceptors (Lipinski definition) is 2. The molecule has 0 aliphatic rings. The van der Waals surface area contributed by atoms with E-state index >= 15 is 0 Å². The highest BCUT2D eigenvalue weighted by Crippen LogP contribution is 2.26. The Morgan fingerprint density at radius 2 is 1.75 bits per heavy atom. The first-order valence-electron chi connectivity index (χ1n) is 6.09. The zero-order valence-corrected chi connectivity index (χ0v) is 10.9. The molecular weight excluding hydrogens is 267 g/mol. The predicted octanol–water partition coefficient (Wildman–Crippen LogP) is 3.70. The van der Waals surface area contributed by atoms with Crippen LogP contribution in [0.3, 0.4) is 0 Å². The lowest BCUT2D eigenvalue weighted by Gasteiger charge is -2.14. The zero-order chi connectivity index (χ0) is 14.7. The van der Waals surface area contributed by atoms with Crippen LogP contribution < -0.4 is 10.5 Å². The third kappa shape index (κ3) is 3.11. The molecule has 0 radical (unpaired) electrons. The third-order valence-corrected chi connectivity index (χ3v) is 2.90. The molecule has 0 saturated heterocycles. The summed E-state index contributed by atoms with van der Waals surface area (Å²) in [5.41, 5.74) is 6.11. The van der Waals surface area contributed by atoms with Gasteiger partial charge in [0.2, 0.25) is 0 Å². The second-order valence-corrected chi connectivity index (χ2v) is 4.46. The molecule has 2 aromatic carbocycles. The highest BCUT2D eigenvalue weighted by molar-refractivity contribution is 5.36. The lowest BCUT2D eigenvalue weighted by Crippen LogP contribution is -2.09. The summed E-state index contributed by atoms with van der Waals surface area (Å²) in [5, 5.41) is 0. The predicted molar refractivity (Wildman–Crippen MR) is 69.7 cm³/mol. The summed E-state index contributed by atoms with van der Waals surface area (Å²) < 4.78 is 45.5. The average molecular weight is 281 g/mol. The molecule has 0 aliphatic carbocycles. The van der Waals surface area contributed by atoms with Gasteiger partial charge in [0.1, 0.15) is 29.8 Å². The Morgan fingerprint density at radius 1 is 1.10 bits per heavy atom. The van der Waals surface area contributed by atoms with Crippen molar-refractivity contribution in [3.05, 3.63) is 65.0 Å². The second kappa shape index (κ2) is 5.96. The molecule has 0 spiro atoms. The van der Waals surface area contributed by atoms with Gasteiger partial charge in [-0.3, -0.25) is 0 Å². The molecule has 2 rings (SSSR count). The Bertz CT molecular complexity index is 594. The van der Waals surface area contributed by atoms with Crippen molar-refractivity contribution in [1.29, 1.82) is 0 Å². The van der Waals surface area contributed by atoms with E-state index in [1.54, 1.807) is 6.92 Å². The molecule has 0 amide bonds. The average Bonchev–Trinajstić information content (AvgIpc) is 2.37. The summed E-state index contributed by atoms with van der Waals surface area (Å²) in [6.07, 6.45) is 0. The molecule has 0 heterocycles. The maximum Gasteiger partial charge on any atom is 0.132 e. The van der Waals surface area contributed by atoms with E-state index < -0.39 is 17.5 Å². The van der Waals surface area contributed by atoms with Crippen molar-refractivity contribution in [2.75, 3.05) is 0 Å². The monoisotopic (exact) mass is 281 g/mol. The fourth-order valence-corrected chi connectivity index (χ4v) is 1.83. The van der Waals surface area contributed by atoms with Crippen LogP contribution in [0.25, 0.3) is 0 Å². The van der Waals surface area contributed by atoms with Crippen molar-refractivity contribution in [2.24, 2.45) is 5.73 Å². The maximum absolute atomic E-state index is 13.5. The number of halogens is 3. The van der Waals surface area contributed by atoms with Gasteiger partial charge in [0.05, 0.1) is 5.56 Å². The third-order valence-electron chi connectivity index (χ3n) is 2.90. The molecule has 0 fully saturated rings. The van der Waals surface area contributed by atoms with Gasteiger partial charge in [-0.05, 0) is 25.1 Å². The molecule has 2 aromatic rings. The number of nitrogens with two attached hydrogens (primary N) is 1. The first kappa shape index (κ1) is 14.4. The standard InChI is InChI=1S/C15H14F3NO/c1-9(19)11-6-5-10(16)7-15(11)20-8-12-13(17)3-2-4-14(12)18/h2-7,9H,8,19H2,1H3/t9-/m0/s1. The first-order chi connectivity index (χ1) is 9.49. The Hall–Kier alpha value is -2.01. The molecule has 5 heteroatoms. The normalized spacial score (nSPS) is 12.2. The Labute approximate surface area is 115 Å². The zero-order valence-electron chi connectivity index (χ0n) is 10.9. The van der Waals surface area contributed by atoms with Gasteiger partial charge < -0.3 is 10.5 Å². The van der Waals surface area contributed by atoms with E-state index in [9.17, 15) is 13.2 Å². The Kier molecular flexibility index (Phi) is 4.29. The second-order valence-electron chi connectivity index (χ2n) is 4.46. The summed E-state index contributed by atoms with van der Waals surface area (Å²) in [5.74, 6) is -1.73. The summed E-state index contributed by atoms with van der Waals surface area (Å²) >= 11 is 0. The molecule has 2 nitrogen and oxygen atoms in total. The number of rotatable bonds is 4. The van der Waals surface area contributed by atoms with Crippen LogP contribution >= 0.6 is 0 Å². The SMILES string of the molecule is C[C@H](N)c1ccc(F)cc1OCc1c(F)cccc1F. The van der Waals surface area contributed by atoms with E-state index in [0.29, 0.717) is 5.56 Å². The van der Waals surface area contributed by atoms with Crippen LogP contribution in [-0.2, 0) is 6.61 Å². The lowest BCUT2D eigenvalue weighted by molar-refractivity contribution is 0.287. The summed E-state index contributed by atoms with van der Waals surface area (Å²) in [6.45, 7) is 1.38. The molecule has 20 heavy (non-hydrogen) atoms. The molecule has 2 N–H and O–H groups in total. The van der Waals surface area contributed by atoms with Gasteiger partial charge in [-0.15, -0.1) is 0 Å². The van der Waals surface area contributed by atoms with E-state index in [1.165, 1.54) is 18.2 Å².